The van der Waals surface area contributed by atoms with E-state index in [1.54, 1.807) is 0 Å². The van der Waals surface area contributed by atoms with E-state index in [-0.39, 0.29) is 0 Å². The lowest BCUT2D eigenvalue weighted by Gasteiger charge is -2.16. The molecule has 2 aromatic rings. The van der Waals surface area contributed by atoms with E-state index in [9.17, 15) is 0 Å². The van der Waals surface area contributed by atoms with Gasteiger partial charge in [-0.3, -0.25) is 0 Å². The summed E-state index contributed by atoms with van der Waals surface area (Å²) in [6, 6.07) is 19.0. The second kappa shape index (κ2) is 8.48. The van der Waals surface area contributed by atoms with Gasteiger partial charge in [0.05, 0.1) is 6.61 Å². The van der Waals surface area contributed by atoms with Gasteiger partial charge in [0.1, 0.15) is 5.75 Å². The molecule has 1 atom stereocenters. The summed E-state index contributed by atoms with van der Waals surface area (Å²) in [6.07, 6.45) is 3.41. The summed E-state index contributed by atoms with van der Waals surface area (Å²) < 4.78 is 5.48. The highest BCUT2D eigenvalue weighted by molar-refractivity contribution is 5.29. The third-order valence-corrected chi connectivity index (χ3v) is 3.81. The SMILES string of the molecule is CCOc1ccc(C(CN)CCCc2ccccc2)cc1. The normalized spacial score (nSPS) is 12.1. The summed E-state index contributed by atoms with van der Waals surface area (Å²) in [5.74, 6) is 1.37. The van der Waals surface area contributed by atoms with Crippen LogP contribution in [0.3, 0.4) is 0 Å². The molecule has 0 amide bonds. The molecule has 21 heavy (non-hydrogen) atoms. The first-order valence-corrected chi connectivity index (χ1v) is 7.80. The van der Waals surface area contributed by atoms with Crippen LogP contribution < -0.4 is 10.5 Å². The van der Waals surface area contributed by atoms with Crippen LogP contribution in [0.1, 0.15) is 36.8 Å². The van der Waals surface area contributed by atoms with Crippen molar-refractivity contribution < 1.29 is 4.74 Å². The van der Waals surface area contributed by atoms with Crippen molar-refractivity contribution in [2.75, 3.05) is 13.2 Å². The second-order valence-corrected chi connectivity index (χ2v) is 5.31. The molecule has 0 aromatic heterocycles. The van der Waals surface area contributed by atoms with Crippen LogP contribution in [-0.4, -0.2) is 13.2 Å². The molecule has 2 aromatic carbocycles. The molecule has 1 unspecified atom stereocenters. The van der Waals surface area contributed by atoms with Crippen LogP contribution in [0.5, 0.6) is 5.75 Å². The molecule has 0 radical (unpaired) electrons. The van der Waals surface area contributed by atoms with Crippen molar-refractivity contribution in [1.82, 2.24) is 0 Å². The van der Waals surface area contributed by atoms with E-state index >= 15 is 0 Å². The zero-order chi connectivity index (χ0) is 14.9. The Morgan fingerprint density at radius 2 is 1.71 bits per heavy atom. The van der Waals surface area contributed by atoms with Crippen molar-refractivity contribution >= 4 is 0 Å². The Bertz CT molecular complexity index is 507. The third-order valence-electron chi connectivity index (χ3n) is 3.81. The van der Waals surface area contributed by atoms with Crippen molar-refractivity contribution in [3.05, 3.63) is 65.7 Å². The molecule has 0 heterocycles. The van der Waals surface area contributed by atoms with Gasteiger partial charge in [-0.15, -0.1) is 0 Å². The highest BCUT2D eigenvalue weighted by atomic mass is 16.5. The number of aryl methyl sites for hydroxylation is 1. The first-order valence-electron chi connectivity index (χ1n) is 7.80. The molecule has 0 fully saturated rings. The molecule has 2 nitrogen and oxygen atoms in total. The highest BCUT2D eigenvalue weighted by Gasteiger charge is 2.09. The summed E-state index contributed by atoms with van der Waals surface area (Å²) in [7, 11) is 0. The van der Waals surface area contributed by atoms with Gasteiger partial charge >= 0.3 is 0 Å². The minimum Gasteiger partial charge on any atom is -0.494 e. The van der Waals surface area contributed by atoms with Crippen LogP contribution in [0.25, 0.3) is 0 Å². The van der Waals surface area contributed by atoms with E-state index in [0.717, 1.165) is 18.6 Å². The topological polar surface area (TPSA) is 35.2 Å². The Labute approximate surface area is 127 Å². The van der Waals surface area contributed by atoms with Crippen LogP contribution in [-0.2, 0) is 6.42 Å². The molecule has 0 bridgehead atoms. The first kappa shape index (κ1) is 15.6. The maximum atomic E-state index is 5.95. The average Bonchev–Trinajstić information content (AvgIpc) is 2.54. The van der Waals surface area contributed by atoms with Crippen molar-refractivity contribution in [2.24, 2.45) is 5.73 Å². The molecule has 2 rings (SSSR count). The van der Waals surface area contributed by atoms with Gasteiger partial charge < -0.3 is 10.5 Å². The lowest BCUT2D eigenvalue weighted by molar-refractivity contribution is 0.340. The second-order valence-electron chi connectivity index (χ2n) is 5.31. The van der Waals surface area contributed by atoms with E-state index in [1.165, 1.54) is 17.5 Å². The average molecular weight is 283 g/mol. The summed E-state index contributed by atoms with van der Waals surface area (Å²) in [5, 5.41) is 0. The van der Waals surface area contributed by atoms with E-state index < -0.39 is 0 Å². The third kappa shape index (κ3) is 4.91. The lowest BCUT2D eigenvalue weighted by Crippen LogP contribution is -2.12. The molecule has 0 aliphatic heterocycles. The minimum atomic E-state index is 0.435. The number of benzene rings is 2. The number of hydrogen-bond acceptors (Lipinski definition) is 2. The van der Waals surface area contributed by atoms with Gasteiger partial charge in [0.15, 0.2) is 0 Å². The Hall–Kier alpha value is -1.80. The molecule has 0 aliphatic rings. The molecule has 112 valence electrons. The molecule has 2 heteroatoms. The molecule has 0 saturated carbocycles. The summed E-state index contributed by atoms with van der Waals surface area (Å²) in [4.78, 5) is 0. The standard InChI is InChI=1S/C19H25NO/c1-2-21-19-13-11-17(12-14-19)18(15-20)10-6-9-16-7-4-3-5-8-16/h3-5,7-8,11-14,18H,2,6,9-10,15,20H2,1H3. The Balaban J connectivity index is 1.87. The Morgan fingerprint density at radius 1 is 1.00 bits per heavy atom. The maximum Gasteiger partial charge on any atom is 0.119 e. The van der Waals surface area contributed by atoms with Crippen molar-refractivity contribution in [1.29, 1.82) is 0 Å². The quantitative estimate of drug-likeness (QED) is 0.790. The number of rotatable bonds is 8. The fourth-order valence-electron chi connectivity index (χ4n) is 2.62. The molecular formula is C19H25NO. The summed E-state index contributed by atoms with van der Waals surface area (Å²) in [6.45, 7) is 3.40. The van der Waals surface area contributed by atoms with E-state index in [2.05, 4.69) is 42.5 Å². The molecule has 0 aliphatic carbocycles. The van der Waals surface area contributed by atoms with Gasteiger partial charge in [0, 0.05) is 0 Å². The van der Waals surface area contributed by atoms with Crippen LogP contribution in [0.2, 0.25) is 0 Å². The maximum absolute atomic E-state index is 5.95. The van der Waals surface area contributed by atoms with Gasteiger partial charge in [-0.1, -0.05) is 42.5 Å². The fraction of sp³-hybridized carbons (Fsp3) is 0.368. The largest absolute Gasteiger partial charge is 0.494 e. The molecule has 0 spiro atoms. The van der Waals surface area contributed by atoms with Crippen LogP contribution in [0.15, 0.2) is 54.6 Å². The van der Waals surface area contributed by atoms with E-state index in [4.69, 9.17) is 10.5 Å². The Kier molecular flexibility index (Phi) is 6.29. The van der Waals surface area contributed by atoms with Crippen molar-refractivity contribution in [3.63, 3.8) is 0 Å². The number of ether oxygens (including phenoxy) is 1. The summed E-state index contributed by atoms with van der Waals surface area (Å²) in [5.41, 5.74) is 8.67. The molecular weight excluding hydrogens is 258 g/mol. The van der Waals surface area contributed by atoms with Gasteiger partial charge in [0.2, 0.25) is 0 Å². The van der Waals surface area contributed by atoms with Gasteiger partial charge in [0.25, 0.3) is 0 Å². The van der Waals surface area contributed by atoms with Crippen molar-refractivity contribution in [3.8, 4) is 5.75 Å². The van der Waals surface area contributed by atoms with Crippen LogP contribution in [0, 0.1) is 0 Å². The predicted molar refractivity (Wildman–Crippen MR) is 88.8 cm³/mol. The summed E-state index contributed by atoms with van der Waals surface area (Å²) >= 11 is 0. The van der Waals surface area contributed by atoms with E-state index in [0.29, 0.717) is 19.1 Å². The van der Waals surface area contributed by atoms with Crippen molar-refractivity contribution in [2.45, 2.75) is 32.1 Å². The lowest BCUT2D eigenvalue weighted by atomic mass is 9.92. The smallest absolute Gasteiger partial charge is 0.119 e. The minimum absolute atomic E-state index is 0.435. The Morgan fingerprint density at radius 3 is 2.33 bits per heavy atom. The van der Waals surface area contributed by atoms with Gasteiger partial charge in [-0.2, -0.15) is 0 Å². The van der Waals surface area contributed by atoms with Crippen LogP contribution >= 0.6 is 0 Å². The molecule has 2 N–H and O–H groups in total. The molecule has 0 saturated heterocycles. The first-order chi connectivity index (χ1) is 10.3. The van der Waals surface area contributed by atoms with Crippen LogP contribution in [0.4, 0.5) is 0 Å². The fourth-order valence-corrected chi connectivity index (χ4v) is 2.62. The number of nitrogens with two attached hydrogens (primary N) is 1. The zero-order valence-corrected chi connectivity index (χ0v) is 12.8. The van der Waals surface area contributed by atoms with Gasteiger partial charge in [-0.25, -0.2) is 0 Å². The number of hydrogen-bond donors (Lipinski definition) is 1. The highest BCUT2D eigenvalue weighted by Crippen LogP contribution is 2.23. The monoisotopic (exact) mass is 283 g/mol. The van der Waals surface area contributed by atoms with Gasteiger partial charge in [-0.05, 0) is 61.9 Å². The van der Waals surface area contributed by atoms with E-state index in [1.807, 2.05) is 19.1 Å². The predicted octanol–water partition coefficient (Wildman–Crippen LogP) is 4.15. The zero-order valence-electron chi connectivity index (χ0n) is 12.8.